The number of carboxylic acid groups (broad SMARTS) is 1. The van der Waals surface area contributed by atoms with Crippen molar-refractivity contribution >= 4 is 17.8 Å². The summed E-state index contributed by atoms with van der Waals surface area (Å²) in [6.45, 7) is 0.453. The first kappa shape index (κ1) is 19.9. The first-order valence-corrected chi connectivity index (χ1v) is 8.64. The minimum atomic E-state index is -1.19. The van der Waals surface area contributed by atoms with Gasteiger partial charge in [0.2, 0.25) is 5.91 Å². The van der Waals surface area contributed by atoms with E-state index in [2.05, 4.69) is 10.6 Å². The van der Waals surface area contributed by atoms with Gasteiger partial charge in [-0.25, -0.2) is 4.79 Å². The van der Waals surface area contributed by atoms with Crippen LogP contribution in [-0.2, 0) is 25.5 Å². The fourth-order valence-electron chi connectivity index (χ4n) is 2.55. The van der Waals surface area contributed by atoms with Crippen molar-refractivity contribution in [3.63, 3.8) is 0 Å². The molecule has 1 aromatic rings. The molecule has 0 unspecified atom stereocenters. The highest BCUT2D eigenvalue weighted by molar-refractivity contribution is 5.95. The molecule has 2 rings (SSSR count). The van der Waals surface area contributed by atoms with Gasteiger partial charge in [-0.3, -0.25) is 9.59 Å². The summed E-state index contributed by atoms with van der Waals surface area (Å²) in [6, 6.07) is 8.77. The van der Waals surface area contributed by atoms with Gasteiger partial charge in [-0.1, -0.05) is 30.3 Å². The molecule has 8 nitrogen and oxygen atoms in total. The summed E-state index contributed by atoms with van der Waals surface area (Å²) in [5, 5.41) is 22.9. The summed E-state index contributed by atoms with van der Waals surface area (Å²) >= 11 is 0. The molecule has 1 saturated heterocycles. The molecule has 4 N–H and O–H groups in total. The second kappa shape index (κ2) is 9.88. The predicted octanol–water partition coefficient (Wildman–Crippen LogP) is -0.155. The molecule has 1 heterocycles. The number of epoxide rings is 1. The molecule has 8 heteroatoms. The lowest BCUT2D eigenvalue weighted by molar-refractivity contribution is -0.138. The summed E-state index contributed by atoms with van der Waals surface area (Å²) in [7, 11) is 0. The number of hydrogen-bond donors (Lipinski definition) is 4. The lowest BCUT2D eigenvalue weighted by atomic mass is 10.0. The Labute approximate surface area is 151 Å². The summed E-state index contributed by atoms with van der Waals surface area (Å²) in [5.74, 6) is -2.12. The minimum Gasteiger partial charge on any atom is -0.479 e. The molecule has 0 aliphatic carbocycles. The van der Waals surface area contributed by atoms with E-state index in [4.69, 9.17) is 14.9 Å². The van der Waals surface area contributed by atoms with Crippen molar-refractivity contribution in [2.75, 3.05) is 13.2 Å². The average Bonchev–Trinajstić information content (AvgIpc) is 3.44. The molecule has 0 spiro atoms. The van der Waals surface area contributed by atoms with Crippen LogP contribution >= 0.6 is 0 Å². The van der Waals surface area contributed by atoms with Crippen LogP contribution in [0.5, 0.6) is 0 Å². The van der Waals surface area contributed by atoms with Crippen LogP contribution in [0.2, 0.25) is 0 Å². The first-order valence-electron chi connectivity index (χ1n) is 8.64. The van der Waals surface area contributed by atoms with E-state index < -0.39 is 30.1 Å². The van der Waals surface area contributed by atoms with E-state index >= 15 is 0 Å². The van der Waals surface area contributed by atoms with Crippen molar-refractivity contribution in [2.24, 2.45) is 0 Å². The molecule has 1 aliphatic heterocycles. The van der Waals surface area contributed by atoms with Gasteiger partial charge in [0, 0.05) is 13.2 Å². The number of aliphatic carboxylic acids is 1. The third kappa shape index (κ3) is 6.12. The van der Waals surface area contributed by atoms with Gasteiger partial charge in [0.1, 0.15) is 6.04 Å². The molecule has 1 aliphatic rings. The van der Waals surface area contributed by atoms with Gasteiger partial charge in [0.25, 0.3) is 5.91 Å². The third-order valence-corrected chi connectivity index (χ3v) is 4.08. The van der Waals surface area contributed by atoms with Gasteiger partial charge in [0.15, 0.2) is 12.2 Å². The monoisotopic (exact) mass is 364 g/mol. The van der Waals surface area contributed by atoms with Crippen molar-refractivity contribution < 1.29 is 29.3 Å². The molecule has 0 aromatic heterocycles. The minimum absolute atomic E-state index is 0.0552. The summed E-state index contributed by atoms with van der Waals surface area (Å²) in [5.41, 5.74) is 1.03. The lowest BCUT2D eigenvalue weighted by Crippen LogP contribution is -2.48. The van der Waals surface area contributed by atoms with E-state index in [1.807, 2.05) is 30.3 Å². The molecular formula is C18H24N2O6. The smallest absolute Gasteiger partial charge is 0.336 e. The van der Waals surface area contributed by atoms with Crippen molar-refractivity contribution in [2.45, 2.75) is 43.9 Å². The molecule has 26 heavy (non-hydrogen) atoms. The van der Waals surface area contributed by atoms with E-state index in [9.17, 15) is 14.4 Å². The third-order valence-electron chi connectivity index (χ3n) is 4.08. The Hall–Kier alpha value is -2.45. The maximum absolute atomic E-state index is 12.4. The van der Waals surface area contributed by atoms with E-state index in [1.165, 1.54) is 0 Å². The number of amides is 2. The number of benzene rings is 1. The fourth-order valence-corrected chi connectivity index (χ4v) is 2.55. The number of unbranched alkanes of at least 4 members (excludes halogenated alkanes) is 1. The molecule has 142 valence electrons. The second-order valence-electron chi connectivity index (χ2n) is 6.12. The van der Waals surface area contributed by atoms with Crippen LogP contribution in [0.25, 0.3) is 0 Å². The number of nitrogens with one attached hydrogen (secondary N) is 2. The van der Waals surface area contributed by atoms with E-state index in [0.717, 1.165) is 5.56 Å². The largest absolute Gasteiger partial charge is 0.479 e. The van der Waals surface area contributed by atoms with Crippen LogP contribution in [0, 0.1) is 0 Å². The highest BCUT2D eigenvalue weighted by Gasteiger charge is 2.51. The zero-order valence-electron chi connectivity index (χ0n) is 14.4. The number of carboxylic acids is 1. The van der Waals surface area contributed by atoms with Gasteiger partial charge >= 0.3 is 5.97 Å². The number of aliphatic hydroxyl groups excluding tert-OH is 1. The normalized spacial score (nSPS) is 19.4. The Bertz CT molecular complexity index is 621. The number of hydrogen-bond acceptors (Lipinski definition) is 5. The number of carbonyl (C=O) groups is 3. The zero-order valence-corrected chi connectivity index (χ0v) is 14.4. The summed E-state index contributed by atoms with van der Waals surface area (Å²) in [4.78, 5) is 35.3. The number of aliphatic hydroxyl groups is 1. The molecule has 3 atom stereocenters. The molecular weight excluding hydrogens is 340 g/mol. The quantitative estimate of drug-likeness (QED) is 0.319. The Kier molecular flexibility index (Phi) is 7.55. The Morgan fingerprint density at radius 3 is 2.46 bits per heavy atom. The van der Waals surface area contributed by atoms with E-state index in [-0.39, 0.29) is 12.5 Å². The molecule has 0 saturated carbocycles. The van der Waals surface area contributed by atoms with Crippen LogP contribution in [0.4, 0.5) is 0 Å². The lowest BCUT2D eigenvalue weighted by Gasteiger charge is -2.18. The number of rotatable bonds is 11. The fraction of sp³-hybridized carbons (Fsp3) is 0.500. The van der Waals surface area contributed by atoms with Crippen molar-refractivity contribution in [3.8, 4) is 0 Å². The second-order valence-corrected chi connectivity index (χ2v) is 6.12. The molecule has 0 bridgehead atoms. The van der Waals surface area contributed by atoms with Crippen LogP contribution in [-0.4, -0.2) is 59.4 Å². The van der Waals surface area contributed by atoms with Gasteiger partial charge in [-0.2, -0.15) is 0 Å². The van der Waals surface area contributed by atoms with Crippen LogP contribution in [0.15, 0.2) is 30.3 Å². The van der Waals surface area contributed by atoms with Crippen LogP contribution < -0.4 is 10.6 Å². The van der Waals surface area contributed by atoms with E-state index in [0.29, 0.717) is 32.2 Å². The van der Waals surface area contributed by atoms with Crippen LogP contribution in [0.1, 0.15) is 24.8 Å². The van der Waals surface area contributed by atoms with E-state index in [1.54, 1.807) is 0 Å². The average molecular weight is 364 g/mol. The highest BCUT2D eigenvalue weighted by Crippen LogP contribution is 2.22. The number of carbonyl (C=O) groups excluding carboxylic acids is 2. The topological polar surface area (TPSA) is 128 Å². The highest BCUT2D eigenvalue weighted by atomic mass is 16.6. The van der Waals surface area contributed by atoms with Gasteiger partial charge in [-0.05, 0) is 31.2 Å². The Morgan fingerprint density at radius 1 is 1.12 bits per heavy atom. The number of aryl methyl sites for hydroxylation is 1. The summed E-state index contributed by atoms with van der Waals surface area (Å²) in [6.07, 6.45) is -0.00635. The maximum atomic E-state index is 12.4. The SMILES string of the molecule is O=C(O)[C@H]1O[C@@H]1C(=O)N[C@H](CCc1ccccc1)C(=O)NCCCCO. The van der Waals surface area contributed by atoms with Crippen LogP contribution in [0.3, 0.4) is 0 Å². The van der Waals surface area contributed by atoms with Gasteiger partial charge < -0.3 is 25.6 Å². The van der Waals surface area contributed by atoms with Crippen molar-refractivity contribution in [1.29, 1.82) is 0 Å². The zero-order chi connectivity index (χ0) is 18.9. The maximum Gasteiger partial charge on any atom is 0.336 e. The predicted molar refractivity (Wildman–Crippen MR) is 92.3 cm³/mol. The molecule has 1 aromatic carbocycles. The van der Waals surface area contributed by atoms with Gasteiger partial charge in [0.05, 0.1) is 0 Å². The van der Waals surface area contributed by atoms with Crippen molar-refractivity contribution in [1.82, 2.24) is 10.6 Å². The Balaban J connectivity index is 1.90. The molecule has 2 amide bonds. The summed E-state index contributed by atoms with van der Waals surface area (Å²) < 4.78 is 4.83. The van der Waals surface area contributed by atoms with Gasteiger partial charge in [-0.15, -0.1) is 0 Å². The first-order chi connectivity index (χ1) is 12.5. The number of ether oxygens (including phenoxy) is 1. The van der Waals surface area contributed by atoms with Crippen molar-refractivity contribution in [3.05, 3.63) is 35.9 Å². The standard InChI is InChI=1S/C18H24N2O6/c21-11-5-4-10-19-16(22)13(9-8-12-6-2-1-3-7-12)20-17(23)14-15(26-14)18(24)25/h1-3,6-7,13-15,21H,4-5,8-11H2,(H,19,22)(H,20,23)(H,24,25)/t13-,14+,15+/m1/s1. The molecule has 1 fully saturated rings. The molecule has 0 radical (unpaired) electrons. The Morgan fingerprint density at radius 2 is 1.85 bits per heavy atom.